The number of ether oxygens (including phenoxy) is 1. The maximum absolute atomic E-state index is 13.3. The predicted octanol–water partition coefficient (Wildman–Crippen LogP) is 4.00. The van der Waals surface area contributed by atoms with E-state index < -0.39 is 17.4 Å². The van der Waals surface area contributed by atoms with E-state index in [4.69, 9.17) is 9.26 Å². The molecular formula is C26H24N4O5. The summed E-state index contributed by atoms with van der Waals surface area (Å²) >= 11 is 0. The number of esters is 1. The first kappa shape index (κ1) is 23.6. The van der Waals surface area contributed by atoms with Gasteiger partial charge in [0.1, 0.15) is 12.1 Å². The van der Waals surface area contributed by atoms with Crippen molar-refractivity contribution in [1.82, 2.24) is 14.7 Å². The molecule has 0 aliphatic carbocycles. The number of anilines is 1. The van der Waals surface area contributed by atoms with Crippen molar-refractivity contribution in [2.75, 3.05) is 11.9 Å². The third-order valence-electron chi connectivity index (χ3n) is 5.36. The maximum Gasteiger partial charge on any atom is 0.338 e. The lowest BCUT2D eigenvalue weighted by atomic mass is 10.1. The van der Waals surface area contributed by atoms with Crippen LogP contribution in [0.4, 0.5) is 5.69 Å². The molecule has 2 aromatic carbocycles. The summed E-state index contributed by atoms with van der Waals surface area (Å²) in [4.78, 5) is 42.2. The van der Waals surface area contributed by atoms with E-state index in [1.807, 2.05) is 30.3 Å². The summed E-state index contributed by atoms with van der Waals surface area (Å²) in [5.74, 6) is -0.369. The smallest absolute Gasteiger partial charge is 0.338 e. The van der Waals surface area contributed by atoms with Crippen molar-refractivity contribution in [2.24, 2.45) is 0 Å². The molecule has 0 atom stereocenters. The number of amides is 1. The second-order valence-corrected chi connectivity index (χ2v) is 7.87. The van der Waals surface area contributed by atoms with Crippen LogP contribution in [0.2, 0.25) is 0 Å². The zero-order valence-corrected chi connectivity index (χ0v) is 19.6. The molecule has 9 nitrogen and oxygen atoms in total. The molecule has 0 saturated heterocycles. The lowest BCUT2D eigenvalue weighted by Crippen LogP contribution is -2.30. The molecule has 0 radical (unpaired) electrons. The molecule has 0 fully saturated rings. The van der Waals surface area contributed by atoms with Crippen LogP contribution in [0.1, 0.15) is 28.5 Å². The number of benzene rings is 2. The third kappa shape index (κ3) is 5.19. The first-order valence-electron chi connectivity index (χ1n) is 11.0. The SMILES string of the molecule is CCOC(=O)c1ccc(NC(=O)Cn2c(C)cc(C)c(-c3nc(-c4ccccc4)no3)c2=O)cc1. The number of aromatic nitrogens is 3. The van der Waals surface area contributed by atoms with Crippen molar-refractivity contribution >= 4 is 17.6 Å². The van der Waals surface area contributed by atoms with Gasteiger partial charge in [0, 0.05) is 16.9 Å². The van der Waals surface area contributed by atoms with Gasteiger partial charge in [-0.05, 0) is 56.7 Å². The first-order valence-corrected chi connectivity index (χ1v) is 11.0. The largest absolute Gasteiger partial charge is 0.462 e. The van der Waals surface area contributed by atoms with Gasteiger partial charge in [-0.15, -0.1) is 0 Å². The van der Waals surface area contributed by atoms with Crippen molar-refractivity contribution in [1.29, 1.82) is 0 Å². The fraction of sp³-hybridized carbons (Fsp3) is 0.192. The van der Waals surface area contributed by atoms with Gasteiger partial charge >= 0.3 is 5.97 Å². The number of aryl methyl sites for hydroxylation is 2. The maximum atomic E-state index is 13.3. The highest BCUT2D eigenvalue weighted by molar-refractivity contribution is 5.93. The van der Waals surface area contributed by atoms with E-state index in [9.17, 15) is 14.4 Å². The van der Waals surface area contributed by atoms with Crippen molar-refractivity contribution in [3.05, 3.63) is 87.8 Å². The molecule has 0 unspecified atom stereocenters. The summed E-state index contributed by atoms with van der Waals surface area (Å²) in [5.41, 5.74) is 2.77. The lowest BCUT2D eigenvalue weighted by molar-refractivity contribution is -0.116. The molecule has 2 aromatic heterocycles. The number of hydrogen-bond acceptors (Lipinski definition) is 7. The van der Waals surface area contributed by atoms with E-state index in [0.717, 1.165) is 5.56 Å². The van der Waals surface area contributed by atoms with Gasteiger partial charge in [0.25, 0.3) is 11.4 Å². The average molecular weight is 473 g/mol. The van der Waals surface area contributed by atoms with E-state index in [1.165, 1.54) is 4.57 Å². The first-order chi connectivity index (χ1) is 16.9. The summed E-state index contributed by atoms with van der Waals surface area (Å²) in [6, 6.07) is 17.4. The predicted molar refractivity (Wildman–Crippen MR) is 130 cm³/mol. The van der Waals surface area contributed by atoms with Gasteiger partial charge in [0.2, 0.25) is 11.7 Å². The Morgan fingerprint density at radius 1 is 1.06 bits per heavy atom. The Hall–Kier alpha value is -4.53. The average Bonchev–Trinajstić information content (AvgIpc) is 3.32. The Morgan fingerprint density at radius 2 is 1.77 bits per heavy atom. The van der Waals surface area contributed by atoms with Crippen LogP contribution in [0.25, 0.3) is 22.8 Å². The van der Waals surface area contributed by atoms with E-state index >= 15 is 0 Å². The summed E-state index contributed by atoms with van der Waals surface area (Å²) in [5, 5.41) is 6.74. The zero-order valence-electron chi connectivity index (χ0n) is 19.6. The van der Waals surface area contributed by atoms with Crippen LogP contribution in [0.15, 0.2) is 70.0 Å². The molecule has 35 heavy (non-hydrogen) atoms. The highest BCUT2D eigenvalue weighted by Gasteiger charge is 2.20. The highest BCUT2D eigenvalue weighted by atomic mass is 16.5. The number of carbonyl (C=O) groups excluding carboxylic acids is 2. The molecule has 4 aromatic rings. The summed E-state index contributed by atoms with van der Waals surface area (Å²) in [6.07, 6.45) is 0. The fourth-order valence-electron chi connectivity index (χ4n) is 3.66. The minimum atomic E-state index is -0.434. The fourth-order valence-corrected chi connectivity index (χ4v) is 3.66. The monoisotopic (exact) mass is 472 g/mol. The number of rotatable bonds is 7. The van der Waals surface area contributed by atoms with Gasteiger partial charge in [-0.1, -0.05) is 35.5 Å². The van der Waals surface area contributed by atoms with Crippen LogP contribution >= 0.6 is 0 Å². The number of pyridine rings is 1. The molecule has 0 bridgehead atoms. The molecule has 0 aliphatic heterocycles. The van der Waals surface area contributed by atoms with E-state index in [-0.39, 0.29) is 24.6 Å². The highest BCUT2D eigenvalue weighted by Crippen LogP contribution is 2.23. The Kier molecular flexibility index (Phi) is 6.86. The Labute approximate surface area is 201 Å². The second kappa shape index (κ2) is 10.2. The summed E-state index contributed by atoms with van der Waals surface area (Å²) < 4.78 is 11.7. The molecular weight excluding hydrogens is 448 g/mol. The Bertz CT molecular complexity index is 1420. The van der Waals surface area contributed by atoms with E-state index in [2.05, 4.69) is 15.5 Å². The zero-order chi connectivity index (χ0) is 24.9. The van der Waals surface area contributed by atoms with Crippen molar-refractivity contribution in [3.8, 4) is 22.8 Å². The molecule has 1 amide bonds. The van der Waals surface area contributed by atoms with Gasteiger partial charge in [0.15, 0.2) is 0 Å². The molecule has 0 saturated carbocycles. The second-order valence-electron chi connectivity index (χ2n) is 7.87. The van der Waals surface area contributed by atoms with Gasteiger partial charge in [-0.2, -0.15) is 4.98 Å². The van der Waals surface area contributed by atoms with Gasteiger partial charge in [-0.3, -0.25) is 9.59 Å². The van der Waals surface area contributed by atoms with Crippen LogP contribution in [-0.4, -0.2) is 33.2 Å². The van der Waals surface area contributed by atoms with Crippen LogP contribution in [0.5, 0.6) is 0 Å². The van der Waals surface area contributed by atoms with E-state index in [0.29, 0.717) is 28.3 Å². The van der Waals surface area contributed by atoms with Crippen molar-refractivity contribution < 1.29 is 18.8 Å². The minimum absolute atomic E-state index is 0.0927. The molecule has 1 N–H and O–H groups in total. The van der Waals surface area contributed by atoms with Crippen molar-refractivity contribution in [2.45, 2.75) is 27.3 Å². The summed E-state index contributed by atoms with van der Waals surface area (Å²) in [6.45, 7) is 5.33. The summed E-state index contributed by atoms with van der Waals surface area (Å²) in [7, 11) is 0. The Morgan fingerprint density at radius 3 is 2.46 bits per heavy atom. The van der Waals surface area contributed by atoms with Crippen LogP contribution in [0.3, 0.4) is 0 Å². The minimum Gasteiger partial charge on any atom is -0.462 e. The normalized spacial score (nSPS) is 10.7. The lowest BCUT2D eigenvalue weighted by Gasteiger charge is -2.13. The van der Waals surface area contributed by atoms with Gasteiger partial charge in [-0.25, -0.2) is 4.79 Å². The van der Waals surface area contributed by atoms with Crippen LogP contribution in [-0.2, 0) is 16.1 Å². The Balaban J connectivity index is 1.56. The topological polar surface area (TPSA) is 116 Å². The third-order valence-corrected chi connectivity index (χ3v) is 5.36. The number of nitrogens with zero attached hydrogens (tertiary/aromatic N) is 3. The number of hydrogen-bond donors (Lipinski definition) is 1. The van der Waals surface area contributed by atoms with Crippen LogP contribution < -0.4 is 10.9 Å². The molecule has 4 rings (SSSR count). The van der Waals surface area contributed by atoms with Gasteiger partial charge < -0.3 is 19.1 Å². The number of nitrogens with one attached hydrogen (secondary N) is 1. The quantitative estimate of drug-likeness (QED) is 0.404. The molecule has 0 aliphatic rings. The van der Waals surface area contributed by atoms with E-state index in [1.54, 1.807) is 51.1 Å². The molecule has 178 valence electrons. The molecule has 2 heterocycles. The molecule has 0 spiro atoms. The van der Waals surface area contributed by atoms with Crippen LogP contribution in [0, 0.1) is 13.8 Å². The van der Waals surface area contributed by atoms with Gasteiger partial charge in [0.05, 0.1) is 12.2 Å². The molecule has 9 heteroatoms. The number of carbonyl (C=O) groups is 2. The standard InChI is InChI=1S/C26H24N4O5/c1-4-34-26(33)19-10-12-20(13-11-19)27-21(31)15-30-17(3)14-16(2)22(25(30)32)24-28-23(29-35-24)18-8-6-5-7-9-18/h5-14H,4,15H2,1-3H3,(H,27,31). The van der Waals surface area contributed by atoms with Crippen molar-refractivity contribution in [3.63, 3.8) is 0 Å².